The summed E-state index contributed by atoms with van der Waals surface area (Å²) in [5, 5.41) is 15.6. The first-order valence-corrected chi connectivity index (χ1v) is 9.45. The number of anilines is 3. The molecule has 0 amide bonds. The van der Waals surface area contributed by atoms with Crippen molar-refractivity contribution < 1.29 is 5.11 Å². The number of hydrogen-bond donors (Lipinski definition) is 3. The van der Waals surface area contributed by atoms with Gasteiger partial charge in [0.1, 0.15) is 0 Å². The normalized spacial score (nSPS) is 14.5. The Morgan fingerprint density at radius 1 is 1.07 bits per heavy atom. The minimum absolute atomic E-state index is 0.0268. The lowest BCUT2D eigenvalue weighted by molar-refractivity contribution is 0.281. The summed E-state index contributed by atoms with van der Waals surface area (Å²) in [6, 6.07) is 5.49. The molecule has 28 heavy (non-hydrogen) atoms. The van der Waals surface area contributed by atoms with Crippen LogP contribution in [0.25, 0.3) is 11.3 Å². The second-order valence-corrected chi connectivity index (χ2v) is 7.06. The van der Waals surface area contributed by atoms with Gasteiger partial charge in [-0.05, 0) is 50.3 Å². The number of rotatable bonds is 8. The predicted octanol–water partition coefficient (Wildman–Crippen LogP) is 2.82. The molecule has 3 aromatic rings. The summed E-state index contributed by atoms with van der Waals surface area (Å²) in [7, 11) is 0. The summed E-state index contributed by atoms with van der Waals surface area (Å²) >= 11 is 0. The van der Waals surface area contributed by atoms with E-state index in [2.05, 4.69) is 30.6 Å². The molecule has 0 spiro atoms. The molecule has 1 fully saturated rings. The van der Waals surface area contributed by atoms with E-state index in [4.69, 9.17) is 4.98 Å². The van der Waals surface area contributed by atoms with Crippen LogP contribution in [-0.4, -0.2) is 42.7 Å². The number of nitrogens with zero attached hydrogens (tertiary/aromatic N) is 5. The zero-order valence-electron chi connectivity index (χ0n) is 15.7. The second kappa shape index (κ2) is 8.26. The van der Waals surface area contributed by atoms with E-state index in [9.17, 15) is 5.11 Å². The minimum Gasteiger partial charge on any atom is -0.394 e. The van der Waals surface area contributed by atoms with Crippen molar-refractivity contribution in [2.45, 2.75) is 32.2 Å². The maximum Gasteiger partial charge on any atom is 0.227 e. The number of aliphatic hydroxyl groups excluding tert-OH is 1. The van der Waals surface area contributed by atoms with E-state index in [1.54, 1.807) is 24.8 Å². The summed E-state index contributed by atoms with van der Waals surface area (Å²) in [5.74, 6) is 1.72. The Kier molecular flexibility index (Phi) is 5.38. The smallest absolute Gasteiger partial charge is 0.227 e. The molecule has 0 aliphatic heterocycles. The molecule has 0 saturated heterocycles. The number of pyridine rings is 1. The summed E-state index contributed by atoms with van der Waals surface area (Å²) in [6.07, 6.45) is 10.3. The van der Waals surface area contributed by atoms with Gasteiger partial charge in [0.05, 0.1) is 18.0 Å². The van der Waals surface area contributed by atoms with Gasteiger partial charge in [0, 0.05) is 42.1 Å². The number of aliphatic hydroxyl groups is 1. The van der Waals surface area contributed by atoms with Gasteiger partial charge in [0.2, 0.25) is 11.9 Å². The highest BCUT2D eigenvalue weighted by Gasteiger charge is 2.25. The first-order valence-electron chi connectivity index (χ1n) is 9.45. The van der Waals surface area contributed by atoms with Crippen LogP contribution < -0.4 is 10.6 Å². The van der Waals surface area contributed by atoms with Crippen LogP contribution in [0.1, 0.15) is 25.5 Å². The van der Waals surface area contributed by atoms with Crippen LogP contribution in [-0.2, 0) is 6.42 Å². The summed E-state index contributed by atoms with van der Waals surface area (Å²) < 4.78 is 0. The first-order chi connectivity index (χ1) is 13.7. The Balaban J connectivity index is 1.62. The summed E-state index contributed by atoms with van der Waals surface area (Å²) in [6.45, 7) is 1.91. The molecule has 3 aromatic heterocycles. The Morgan fingerprint density at radius 3 is 2.64 bits per heavy atom. The third-order valence-electron chi connectivity index (χ3n) is 4.56. The second-order valence-electron chi connectivity index (χ2n) is 7.06. The third kappa shape index (κ3) is 4.58. The van der Waals surface area contributed by atoms with Gasteiger partial charge in [0.15, 0.2) is 0 Å². The highest BCUT2D eigenvalue weighted by Crippen LogP contribution is 2.35. The molecule has 8 heteroatoms. The maximum atomic E-state index is 9.26. The zero-order valence-corrected chi connectivity index (χ0v) is 15.7. The first kappa shape index (κ1) is 18.2. The fourth-order valence-corrected chi connectivity index (χ4v) is 2.85. The summed E-state index contributed by atoms with van der Waals surface area (Å²) in [4.78, 5) is 22.1. The van der Waals surface area contributed by atoms with Crippen LogP contribution in [0.15, 0.2) is 43.0 Å². The summed E-state index contributed by atoms with van der Waals surface area (Å²) in [5.41, 5.74) is 3.54. The molecule has 1 aliphatic carbocycles. The average Bonchev–Trinajstić information content (AvgIpc) is 3.53. The Hall–Kier alpha value is -3.13. The van der Waals surface area contributed by atoms with Crippen LogP contribution in [0, 0.1) is 5.92 Å². The van der Waals surface area contributed by atoms with Gasteiger partial charge in [-0.1, -0.05) is 0 Å². The van der Waals surface area contributed by atoms with Crippen molar-refractivity contribution in [3.63, 3.8) is 0 Å². The minimum atomic E-state index is -0.102. The molecule has 1 saturated carbocycles. The van der Waals surface area contributed by atoms with Gasteiger partial charge in [-0.3, -0.25) is 4.98 Å². The quantitative estimate of drug-likeness (QED) is 0.550. The van der Waals surface area contributed by atoms with E-state index in [1.165, 1.54) is 12.8 Å². The molecule has 144 valence electrons. The Bertz CT molecular complexity index is 931. The third-order valence-corrected chi connectivity index (χ3v) is 4.56. The van der Waals surface area contributed by atoms with Crippen molar-refractivity contribution in [2.24, 2.45) is 5.92 Å². The highest BCUT2D eigenvalue weighted by molar-refractivity contribution is 5.64. The van der Waals surface area contributed by atoms with Gasteiger partial charge < -0.3 is 15.7 Å². The molecular formula is C20H23N7O. The molecule has 3 heterocycles. The van der Waals surface area contributed by atoms with Gasteiger partial charge in [-0.15, -0.1) is 0 Å². The molecule has 4 rings (SSSR count). The molecule has 0 aromatic carbocycles. The molecule has 1 aliphatic rings. The van der Waals surface area contributed by atoms with Crippen molar-refractivity contribution in [1.82, 2.24) is 24.9 Å². The lowest BCUT2D eigenvalue weighted by atomic mass is 10.1. The van der Waals surface area contributed by atoms with E-state index in [0.717, 1.165) is 29.1 Å². The van der Waals surface area contributed by atoms with E-state index in [-0.39, 0.29) is 12.6 Å². The monoisotopic (exact) mass is 377 g/mol. The van der Waals surface area contributed by atoms with E-state index in [0.29, 0.717) is 17.8 Å². The molecule has 1 unspecified atom stereocenters. The zero-order chi connectivity index (χ0) is 19.3. The Labute approximate surface area is 163 Å². The molecule has 0 radical (unpaired) electrons. The van der Waals surface area contributed by atoms with Gasteiger partial charge in [0.25, 0.3) is 0 Å². The molecule has 1 atom stereocenters. The lowest BCUT2D eigenvalue weighted by Gasteiger charge is -2.14. The SMILES string of the molecule is CC(CO)Nc1ncc(-c2ccnc(Nc3ccncc3)n2)c(CC2CC2)n1. The van der Waals surface area contributed by atoms with Crippen molar-refractivity contribution in [1.29, 1.82) is 0 Å². The van der Waals surface area contributed by atoms with Crippen LogP contribution in [0.4, 0.5) is 17.6 Å². The molecule has 3 N–H and O–H groups in total. The van der Waals surface area contributed by atoms with E-state index in [1.807, 2.05) is 25.1 Å². The predicted molar refractivity (Wildman–Crippen MR) is 107 cm³/mol. The van der Waals surface area contributed by atoms with Crippen LogP contribution in [0.2, 0.25) is 0 Å². The van der Waals surface area contributed by atoms with Crippen LogP contribution in [0.5, 0.6) is 0 Å². The standard InChI is InChI=1S/C20H23N7O/c1-13(12-28)24-20-23-11-16(18(27-20)10-14-2-3-14)17-6-9-22-19(26-17)25-15-4-7-21-8-5-15/h4-9,11,13-14,28H,2-3,10,12H2,1H3,(H,23,24,27)(H,21,22,25,26). The van der Waals surface area contributed by atoms with E-state index >= 15 is 0 Å². The maximum absolute atomic E-state index is 9.26. The largest absolute Gasteiger partial charge is 0.394 e. The molecular weight excluding hydrogens is 354 g/mol. The highest BCUT2D eigenvalue weighted by atomic mass is 16.3. The van der Waals surface area contributed by atoms with Gasteiger partial charge in [-0.25, -0.2) is 19.9 Å². The molecule has 0 bridgehead atoms. The number of hydrogen-bond acceptors (Lipinski definition) is 8. The van der Waals surface area contributed by atoms with Crippen molar-refractivity contribution in [2.75, 3.05) is 17.2 Å². The van der Waals surface area contributed by atoms with Crippen LogP contribution in [0.3, 0.4) is 0 Å². The topological polar surface area (TPSA) is 109 Å². The van der Waals surface area contributed by atoms with Crippen molar-refractivity contribution in [3.8, 4) is 11.3 Å². The van der Waals surface area contributed by atoms with Gasteiger partial charge >= 0.3 is 0 Å². The number of aromatic nitrogens is 5. The lowest BCUT2D eigenvalue weighted by Crippen LogP contribution is -2.21. The average molecular weight is 377 g/mol. The Morgan fingerprint density at radius 2 is 1.89 bits per heavy atom. The van der Waals surface area contributed by atoms with Crippen molar-refractivity contribution in [3.05, 3.63) is 48.7 Å². The number of nitrogens with one attached hydrogen (secondary N) is 2. The molecule has 8 nitrogen and oxygen atoms in total. The van der Waals surface area contributed by atoms with E-state index < -0.39 is 0 Å². The fourth-order valence-electron chi connectivity index (χ4n) is 2.85. The van der Waals surface area contributed by atoms with Crippen molar-refractivity contribution >= 4 is 17.6 Å². The van der Waals surface area contributed by atoms with Gasteiger partial charge in [-0.2, -0.15) is 0 Å². The fraction of sp³-hybridized carbons (Fsp3) is 0.350. The van der Waals surface area contributed by atoms with Crippen LogP contribution >= 0.6 is 0 Å².